The van der Waals surface area contributed by atoms with E-state index in [1.54, 1.807) is 18.2 Å². The Morgan fingerprint density at radius 2 is 1.54 bits per heavy atom. The van der Waals surface area contributed by atoms with Crippen LogP contribution in [0.3, 0.4) is 0 Å². The van der Waals surface area contributed by atoms with Crippen molar-refractivity contribution in [1.29, 1.82) is 0 Å². The van der Waals surface area contributed by atoms with Crippen LogP contribution in [0.1, 0.15) is 26.3 Å². The van der Waals surface area contributed by atoms with Crippen LogP contribution in [0.25, 0.3) is 21.9 Å². The van der Waals surface area contributed by atoms with Crippen molar-refractivity contribution in [2.75, 3.05) is 5.32 Å². The van der Waals surface area contributed by atoms with Gasteiger partial charge in [0.25, 0.3) is 5.91 Å². The molecule has 1 aliphatic carbocycles. The zero-order valence-corrected chi connectivity index (χ0v) is 16.3. The van der Waals surface area contributed by atoms with E-state index in [4.69, 9.17) is 0 Å². The van der Waals surface area contributed by atoms with Crippen LogP contribution in [0.2, 0.25) is 0 Å². The van der Waals surface area contributed by atoms with Crippen molar-refractivity contribution in [2.24, 2.45) is 0 Å². The summed E-state index contributed by atoms with van der Waals surface area (Å²) in [6.07, 6.45) is 0. The second-order valence-corrected chi connectivity index (χ2v) is 7.59. The number of halogens is 1. The van der Waals surface area contributed by atoms with Crippen LogP contribution in [0.4, 0.5) is 5.69 Å². The summed E-state index contributed by atoms with van der Waals surface area (Å²) >= 11 is 3.58. The van der Waals surface area contributed by atoms with Crippen molar-refractivity contribution in [1.82, 2.24) is 0 Å². The SMILES string of the molecule is O=C(Nc1ccc2c(c1)C(=O)c1cccc3c(Br)ccc-2c13)c1ccccc1. The van der Waals surface area contributed by atoms with Gasteiger partial charge < -0.3 is 5.32 Å². The number of hydrogen-bond acceptors (Lipinski definition) is 2. The average Bonchev–Trinajstić information content (AvgIpc) is 2.74. The molecule has 0 bridgehead atoms. The molecule has 4 aromatic carbocycles. The number of carbonyl (C=O) groups excluding carboxylic acids is 2. The van der Waals surface area contributed by atoms with E-state index in [2.05, 4.69) is 21.2 Å². The second-order valence-electron chi connectivity index (χ2n) is 6.73. The van der Waals surface area contributed by atoms with Crippen LogP contribution in [0.15, 0.2) is 83.3 Å². The molecule has 0 spiro atoms. The van der Waals surface area contributed by atoms with Gasteiger partial charge >= 0.3 is 0 Å². The van der Waals surface area contributed by atoms with Crippen molar-refractivity contribution in [3.05, 3.63) is 100 Å². The summed E-state index contributed by atoms with van der Waals surface area (Å²) in [5.41, 5.74) is 4.39. The molecule has 0 heterocycles. The van der Waals surface area contributed by atoms with Crippen molar-refractivity contribution in [3.63, 3.8) is 0 Å². The average molecular weight is 428 g/mol. The van der Waals surface area contributed by atoms with Gasteiger partial charge in [0.05, 0.1) is 0 Å². The lowest BCUT2D eigenvalue weighted by atomic mass is 9.82. The Labute approximate surface area is 170 Å². The van der Waals surface area contributed by atoms with E-state index in [1.165, 1.54) is 0 Å². The van der Waals surface area contributed by atoms with E-state index in [1.807, 2.05) is 60.7 Å². The van der Waals surface area contributed by atoms with E-state index >= 15 is 0 Å². The number of benzene rings is 4. The molecule has 0 aromatic heterocycles. The zero-order chi connectivity index (χ0) is 19.3. The smallest absolute Gasteiger partial charge is 0.255 e. The fraction of sp³-hybridized carbons (Fsp3) is 0. The zero-order valence-electron chi connectivity index (χ0n) is 14.7. The molecule has 4 aromatic rings. The third-order valence-corrected chi connectivity index (χ3v) is 5.77. The van der Waals surface area contributed by atoms with Crippen LogP contribution in [0.5, 0.6) is 0 Å². The van der Waals surface area contributed by atoms with Crippen LogP contribution in [-0.4, -0.2) is 11.7 Å². The Hall–Kier alpha value is -3.24. The Morgan fingerprint density at radius 1 is 0.750 bits per heavy atom. The molecular formula is C24H14BrNO2. The lowest BCUT2D eigenvalue weighted by Crippen LogP contribution is -2.14. The van der Waals surface area contributed by atoms with Gasteiger partial charge in [0.2, 0.25) is 0 Å². The van der Waals surface area contributed by atoms with Gasteiger partial charge in [0, 0.05) is 32.2 Å². The second kappa shape index (κ2) is 6.43. The molecule has 0 saturated carbocycles. The molecule has 28 heavy (non-hydrogen) atoms. The van der Waals surface area contributed by atoms with Gasteiger partial charge in [-0.25, -0.2) is 0 Å². The normalized spacial score (nSPS) is 12.0. The lowest BCUT2D eigenvalue weighted by Gasteiger charge is -2.21. The van der Waals surface area contributed by atoms with E-state index in [0.717, 1.165) is 26.4 Å². The number of carbonyl (C=O) groups is 2. The molecule has 0 radical (unpaired) electrons. The highest BCUT2D eigenvalue weighted by atomic mass is 79.9. The largest absolute Gasteiger partial charge is 0.322 e. The summed E-state index contributed by atoms with van der Waals surface area (Å²) in [6, 6.07) is 24.3. The van der Waals surface area contributed by atoms with Crippen molar-refractivity contribution < 1.29 is 9.59 Å². The van der Waals surface area contributed by atoms with Gasteiger partial charge in [-0.2, -0.15) is 0 Å². The lowest BCUT2D eigenvalue weighted by molar-refractivity contribution is 0.102. The van der Waals surface area contributed by atoms with Gasteiger partial charge in [0.15, 0.2) is 5.78 Å². The third-order valence-electron chi connectivity index (χ3n) is 5.08. The first-order valence-electron chi connectivity index (χ1n) is 8.90. The first kappa shape index (κ1) is 16.9. The van der Waals surface area contributed by atoms with E-state index in [0.29, 0.717) is 22.4 Å². The summed E-state index contributed by atoms with van der Waals surface area (Å²) in [4.78, 5) is 25.6. The number of ketones is 1. The number of anilines is 1. The fourth-order valence-electron chi connectivity index (χ4n) is 3.77. The van der Waals surface area contributed by atoms with E-state index in [-0.39, 0.29) is 11.7 Å². The Morgan fingerprint density at radius 3 is 2.36 bits per heavy atom. The number of fused-ring (bicyclic) bond motifs is 2. The summed E-state index contributed by atoms with van der Waals surface area (Å²) in [6.45, 7) is 0. The first-order chi connectivity index (χ1) is 13.6. The highest BCUT2D eigenvalue weighted by Gasteiger charge is 2.26. The Bertz CT molecular complexity index is 1280. The molecule has 0 aliphatic heterocycles. The van der Waals surface area contributed by atoms with Crippen LogP contribution < -0.4 is 5.32 Å². The molecule has 134 valence electrons. The molecular weight excluding hydrogens is 414 g/mol. The molecule has 5 rings (SSSR count). The van der Waals surface area contributed by atoms with Gasteiger partial charge in [-0.15, -0.1) is 0 Å². The van der Waals surface area contributed by atoms with Crippen LogP contribution in [0, 0.1) is 0 Å². The number of nitrogens with one attached hydrogen (secondary N) is 1. The quantitative estimate of drug-likeness (QED) is 0.371. The fourth-order valence-corrected chi connectivity index (χ4v) is 4.23. The molecule has 0 saturated heterocycles. The van der Waals surface area contributed by atoms with E-state index < -0.39 is 0 Å². The number of amides is 1. The summed E-state index contributed by atoms with van der Waals surface area (Å²) < 4.78 is 0.969. The van der Waals surface area contributed by atoms with E-state index in [9.17, 15) is 9.59 Å². The number of rotatable bonds is 2. The first-order valence-corrected chi connectivity index (χ1v) is 9.69. The third kappa shape index (κ3) is 2.57. The van der Waals surface area contributed by atoms with Crippen molar-refractivity contribution in [2.45, 2.75) is 0 Å². The monoisotopic (exact) mass is 427 g/mol. The van der Waals surface area contributed by atoms with Crippen LogP contribution in [-0.2, 0) is 0 Å². The molecule has 0 atom stereocenters. The van der Waals surface area contributed by atoms with Gasteiger partial charge in [0.1, 0.15) is 0 Å². The molecule has 1 aliphatic rings. The molecule has 1 amide bonds. The minimum absolute atomic E-state index is 0.0259. The molecule has 1 N–H and O–H groups in total. The minimum Gasteiger partial charge on any atom is -0.322 e. The summed E-state index contributed by atoms with van der Waals surface area (Å²) in [5, 5.41) is 4.88. The van der Waals surface area contributed by atoms with Crippen molar-refractivity contribution >= 4 is 44.1 Å². The topological polar surface area (TPSA) is 46.2 Å². The van der Waals surface area contributed by atoms with Gasteiger partial charge in [-0.3, -0.25) is 9.59 Å². The van der Waals surface area contributed by atoms with Gasteiger partial charge in [-0.05, 0) is 46.8 Å². The summed E-state index contributed by atoms with van der Waals surface area (Å²) in [5.74, 6) is -0.225. The van der Waals surface area contributed by atoms with Gasteiger partial charge in [-0.1, -0.05) is 64.5 Å². The standard InChI is InChI=1S/C24H14BrNO2/c25-21-12-11-17-16-10-9-15(26-24(28)14-5-2-1-3-6-14)13-20(16)23(27)19-8-4-7-18(21)22(17)19/h1-13H,(H,26,28). The maximum Gasteiger partial charge on any atom is 0.255 e. The predicted molar refractivity (Wildman–Crippen MR) is 115 cm³/mol. The molecule has 3 nitrogen and oxygen atoms in total. The maximum absolute atomic E-state index is 13.2. The Balaban J connectivity index is 1.61. The minimum atomic E-state index is -0.199. The predicted octanol–water partition coefficient (Wildman–Crippen LogP) is 6.07. The highest BCUT2D eigenvalue weighted by Crippen LogP contribution is 2.42. The molecule has 0 unspecified atom stereocenters. The van der Waals surface area contributed by atoms with Crippen molar-refractivity contribution in [3.8, 4) is 11.1 Å². The van der Waals surface area contributed by atoms with Crippen LogP contribution >= 0.6 is 15.9 Å². The Kier molecular flexibility index (Phi) is 3.88. The number of hydrogen-bond donors (Lipinski definition) is 1. The maximum atomic E-state index is 13.2. The molecule has 0 fully saturated rings. The molecule has 4 heteroatoms. The highest BCUT2D eigenvalue weighted by molar-refractivity contribution is 9.10. The summed E-state index contributed by atoms with van der Waals surface area (Å²) in [7, 11) is 0.